The van der Waals surface area contributed by atoms with Crippen LogP contribution >= 0.6 is 15.9 Å². The molecular weight excluding hydrogens is 294 g/mol. The molecule has 2 rings (SSSR count). The number of nitrogens with zero attached hydrogens (tertiary/aromatic N) is 1. The summed E-state index contributed by atoms with van der Waals surface area (Å²) in [6.07, 6.45) is 1.96. The fourth-order valence-corrected chi connectivity index (χ4v) is 2.31. The number of nitrogens with two attached hydrogens (primary N) is 1. The van der Waals surface area contributed by atoms with Gasteiger partial charge >= 0.3 is 0 Å². The van der Waals surface area contributed by atoms with Crippen LogP contribution in [-0.2, 0) is 4.79 Å². The van der Waals surface area contributed by atoms with Crippen LogP contribution in [0.1, 0.15) is 12.8 Å². The minimum Gasteiger partial charge on any atom is -0.328 e. The molecule has 1 amide bonds. The molecule has 1 aromatic carbocycles. The summed E-state index contributed by atoms with van der Waals surface area (Å²) < 4.78 is 1.01. The lowest BCUT2D eigenvalue weighted by Gasteiger charge is -2.29. The first-order valence-corrected chi connectivity index (χ1v) is 6.96. The van der Waals surface area contributed by atoms with Gasteiger partial charge < -0.3 is 11.1 Å². The van der Waals surface area contributed by atoms with E-state index in [0.717, 1.165) is 36.1 Å². The maximum absolute atomic E-state index is 11.9. The molecule has 5 heteroatoms. The van der Waals surface area contributed by atoms with Gasteiger partial charge in [0.2, 0.25) is 5.91 Å². The van der Waals surface area contributed by atoms with Crippen molar-refractivity contribution in [3.05, 3.63) is 28.7 Å². The first kappa shape index (κ1) is 13.5. The van der Waals surface area contributed by atoms with Crippen LogP contribution < -0.4 is 11.1 Å². The van der Waals surface area contributed by atoms with E-state index in [0.29, 0.717) is 12.6 Å². The van der Waals surface area contributed by atoms with E-state index in [2.05, 4.69) is 26.1 Å². The lowest BCUT2D eigenvalue weighted by atomic mass is 10.1. The summed E-state index contributed by atoms with van der Waals surface area (Å²) in [5.41, 5.74) is 6.66. The summed E-state index contributed by atoms with van der Waals surface area (Å²) >= 11 is 3.36. The highest BCUT2D eigenvalue weighted by Crippen LogP contribution is 2.14. The molecule has 1 aromatic rings. The largest absolute Gasteiger partial charge is 0.328 e. The normalized spacial score (nSPS) is 17.7. The van der Waals surface area contributed by atoms with E-state index in [1.807, 2.05) is 24.3 Å². The highest BCUT2D eigenvalue weighted by atomic mass is 79.9. The first-order chi connectivity index (χ1) is 8.63. The number of halogens is 1. The van der Waals surface area contributed by atoms with E-state index in [1.165, 1.54) is 0 Å². The van der Waals surface area contributed by atoms with Crippen LogP contribution in [0.3, 0.4) is 0 Å². The van der Waals surface area contributed by atoms with Crippen molar-refractivity contribution >= 4 is 27.5 Å². The number of amides is 1. The van der Waals surface area contributed by atoms with Crippen molar-refractivity contribution in [3.63, 3.8) is 0 Å². The standard InChI is InChI=1S/C13H18BrN3O/c14-10-1-3-12(4-2-10)16-13(18)9-17-7-5-11(15)6-8-17/h1-4,11H,5-9,15H2,(H,16,18). The first-order valence-electron chi connectivity index (χ1n) is 6.17. The fourth-order valence-electron chi connectivity index (χ4n) is 2.05. The maximum atomic E-state index is 11.9. The minimum absolute atomic E-state index is 0.0350. The Balaban J connectivity index is 1.80. The van der Waals surface area contributed by atoms with E-state index in [-0.39, 0.29) is 5.91 Å². The monoisotopic (exact) mass is 311 g/mol. The molecule has 0 aliphatic carbocycles. The van der Waals surface area contributed by atoms with Crippen molar-refractivity contribution in [1.82, 2.24) is 4.90 Å². The predicted octanol–water partition coefficient (Wildman–Crippen LogP) is 1.81. The zero-order chi connectivity index (χ0) is 13.0. The number of nitrogens with one attached hydrogen (secondary N) is 1. The Morgan fingerprint density at radius 2 is 1.94 bits per heavy atom. The molecule has 1 aliphatic heterocycles. The lowest BCUT2D eigenvalue weighted by Crippen LogP contribution is -2.43. The molecule has 3 N–H and O–H groups in total. The van der Waals surface area contributed by atoms with Crippen LogP contribution in [0.15, 0.2) is 28.7 Å². The van der Waals surface area contributed by atoms with Crippen molar-refractivity contribution in [1.29, 1.82) is 0 Å². The van der Waals surface area contributed by atoms with Crippen LogP contribution in [0, 0.1) is 0 Å². The molecule has 1 saturated heterocycles. The highest BCUT2D eigenvalue weighted by molar-refractivity contribution is 9.10. The van der Waals surface area contributed by atoms with Gasteiger partial charge in [0.15, 0.2) is 0 Å². The zero-order valence-corrected chi connectivity index (χ0v) is 11.8. The summed E-state index contributed by atoms with van der Waals surface area (Å²) in [4.78, 5) is 14.0. The van der Waals surface area contributed by atoms with Gasteiger partial charge in [-0.2, -0.15) is 0 Å². The van der Waals surface area contributed by atoms with E-state index in [4.69, 9.17) is 5.73 Å². The summed E-state index contributed by atoms with van der Waals surface area (Å²) in [5.74, 6) is 0.0350. The number of hydrogen-bond acceptors (Lipinski definition) is 3. The Labute approximate surface area is 116 Å². The minimum atomic E-state index is 0.0350. The second-order valence-electron chi connectivity index (χ2n) is 4.67. The number of carbonyl (C=O) groups excluding carboxylic acids is 1. The molecule has 18 heavy (non-hydrogen) atoms. The number of anilines is 1. The molecule has 1 heterocycles. The molecule has 0 unspecified atom stereocenters. The predicted molar refractivity (Wildman–Crippen MR) is 76.4 cm³/mol. The zero-order valence-electron chi connectivity index (χ0n) is 10.2. The molecule has 1 aliphatic rings. The third-order valence-corrected chi connectivity index (χ3v) is 3.66. The molecule has 0 radical (unpaired) electrons. The number of piperidine rings is 1. The summed E-state index contributed by atoms with van der Waals surface area (Å²) in [6, 6.07) is 7.89. The van der Waals surface area contributed by atoms with Crippen LogP contribution in [-0.4, -0.2) is 36.5 Å². The summed E-state index contributed by atoms with van der Waals surface area (Å²) in [6.45, 7) is 2.27. The van der Waals surface area contributed by atoms with Gasteiger partial charge in [-0.1, -0.05) is 15.9 Å². The molecule has 4 nitrogen and oxygen atoms in total. The van der Waals surface area contributed by atoms with Gasteiger partial charge in [0.05, 0.1) is 6.54 Å². The molecule has 1 fully saturated rings. The Kier molecular flexibility index (Phi) is 4.74. The van der Waals surface area contributed by atoms with Gasteiger partial charge in [-0.25, -0.2) is 0 Å². The third kappa shape index (κ3) is 4.08. The number of hydrogen-bond donors (Lipinski definition) is 2. The van der Waals surface area contributed by atoms with Gasteiger partial charge in [0.25, 0.3) is 0 Å². The molecule has 0 bridgehead atoms. The van der Waals surface area contributed by atoms with E-state index in [9.17, 15) is 4.79 Å². The third-order valence-electron chi connectivity index (χ3n) is 3.13. The summed E-state index contributed by atoms with van der Waals surface area (Å²) in [5, 5.41) is 2.89. The molecular formula is C13H18BrN3O. The second-order valence-corrected chi connectivity index (χ2v) is 5.58. The molecule has 0 aromatic heterocycles. The average molecular weight is 312 g/mol. The van der Waals surface area contributed by atoms with E-state index in [1.54, 1.807) is 0 Å². The van der Waals surface area contributed by atoms with Gasteiger partial charge in [0, 0.05) is 29.3 Å². The smallest absolute Gasteiger partial charge is 0.238 e. The molecule has 0 saturated carbocycles. The lowest BCUT2D eigenvalue weighted by molar-refractivity contribution is -0.117. The van der Waals surface area contributed by atoms with Crippen molar-refractivity contribution in [2.45, 2.75) is 18.9 Å². The quantitative estimate of drug-likeness (QED) is 0.895. The molecule has 0 spiro atoms. The van der Waals surface area contributed by atoms with Crippen molar-refractivity contribution in [2.75, 3.05) is 25.0 Å². The Bertz CT molecular complexity index is 399. The van der Waals surface area contributed by atoms with Gasteiger partial charge in [-0.3, -0.25) is 9.69 Å². The topological polar surface area (TPSA) is 58.4 Å². The van der Waals surface area contributed by atoms with Crippen LogP contribution in [0.5, 0.6) is 0 Å². The van der Waals surface area contributed by atoms with Gasteiger partial charge in [0.1, 0.15) is 0 Å². The number of rotatable bonds is 3. The molecule has 0 atom stereocenters. The van der Waals surface area contributed by atoms with Crippen LogP contribution in [0.2, 0.25) is 0 Å². The van der Waals surface area contributed by atoms with Crippen LogP contribution in [0.4, 0.5) is 5.69 Å². The van der Waals surface area contributed by atoms with Crippen molar-refractivity contribution in [2.24, 2.45) is 5.73 Å². The van der Waals surface area contributed by atoms with Crippen molar-refractivity contribution < 1.29 is 4.79 Å². The Hall–Kier alpha value is -0.910. The number of benzene rings is 1. The van der Waals surface area contributed by atoms with Crippen LogP contribution in [0.25, 0.3) is 0 Å². The second kappa shape index (κ2) is 6.31. The SMILES string of the molecule is NC1CCN(CC(=O)Nc2ccc(Br)cc2)CC1. The fraction of sp³-hybridized carbons (Fsp3) is 0.462. The van der Waals surface area contributed by atoms with Gasteiger partial charge in [-0.15, -0.1) is 0 Å². The van der Waals surface area contributed by atoms with E-state index >= 15 is 0 Å². The Morgan fingerprint density at radius 3 is 2.56 bits per heavy atom. The van der Waals surface area contributed by atoms with E-state index < -0.39 is 0 Å². The molecule has 98 valence electrons. The van der Waals surface area contributed by atoms with Gasteiger partial charge in [-0.05, 0) is 37.1 Å². The highest BCUT2D eigenvalue weighted by Gasteiger charge is 2.18. The average Bonchev–Trinajstić information content (AvgIpc) is 2.35. The number of likely N-dealkylation sites (tertiary alicyclic amines) is 1. The van der Waals surface area contributed by atoms with Crippen molar-refractivity contribution in [3.8, 4) is 0 Å². The maximum Gasteiger partial charge on any atom is 0.238 e. The number of carbonyl (C=O) groups is 1. The Morgan fingerprint density at radius 1 is 1.33 bits per heavy atom. The summed E-state index contributed by atoms with van der Waals surface area (Å²) in [7, 11) is 0.